The van der Waals surface area contributed by atoms with Gasteiger partial charge >= 0.3 is 0 Å². The Labute approximate surface area is 168 Å². The molecule has 0 radical (unpaired) electrons. The average Bonchev–Trinajstić information content (AvgIpc) is 2.74. The average molecular weight is 400 g/mol. The summed E-state index contributed by atoms with van der Waals surface area (Å²) in [6, 6.07) is 6.01. The first-order chi connectivity index (χ1) is 14.0. The highest BCUT2D eigenvalue weighted by Gasteiger charge is 2.26. The van der Waals surface area contributed by atoms with Gasteiger partial charge < -0.3 is 19.7 Å². The molecule has 154 valence electrons. The molecule has 0 spiro atoms. The van der Waals surface area contributed by atoms with Crippen molar-refractivity contribution in [3.05, 3.63) is 46.1 Å². The van der Waals surface area contributed by atoms with Crippen molar-refractivity contribution in [3.8, 4) is 11.5 Å². The number of ether oxygens (including phenoxy) is 2. The molecule has 1 aliphatic rings. The number of piperidine rings is 1. The van der Waals surface area contributed by atoms with Crippen molar-refractivity contribution >= 4 is 23.1 Å². The summed E-state index contributed by atoms with van der Waals surface area (Å²) in [5.41, 5.74) is 0.0568. The molecule has 0 unspecified atom stereocenters. The van der Waals surface area contributed by atoms with Crippen molar-refractivity contribution in [1.29, 1.82) is 0 Å². The van der Waals surface area contributed by atoms with E-state index < -0.39 is 10.8 Å². The van der Waals surface area contributed by atoms with E-state index in [9.17, 15) is 14.9 Å². The molecule has 2 heterocycles. The highest BCUT2D eigenvalue weighted by molar-refractivity contribution is 6.08. The number of carbonyl (C=O) groups excluding carboxylic acids is 1. The summed E-state index contributed by atoms with van der Waals surface area (Å²) >= 11 is 0. The molecular formula is C20H24N4O5. The van der Waals surface area contributed by atoms with Crippen LogP contribution in [0.2, 0.25) is 0 Å². The first-order valence-corrected chi connectivity index (χ1v) is 9.55. The van der Waals surface area contributed by atoms with Crippen LogP contribution in [0.4, 0.5) is 17.2 Å². The van der Waals surface area contributed by atoms with Crippen LogP contribution in [-0.4, -0.2) is 42.6 Å². The molecule has 9 heteroatoms. The van der Waals surface area contributed by atoms with Crippen LogP contribution in [0.3, 0.4) is 0 Å². The van der Waals surface area contributed by atoms with E-state index in [4.69, 9.17) is 9.47 Å². The number of amides is 1. The van der Waals surface area contributed by atoms with Crippen LogP contribution in [0.25, 0.3) is 0 Å². The Balaban J connectivity index is 1.95. The van der Waals surface area contributed by atoms with Crippen molar-refractivity contribution < 1.29 is 19.2 Å². The molecule has 9 nitrogen and oxygen atoms in total. The van der Waals surface area contributed by atoms with Crippen molar-refractivity contribution in [2.45, 2.75) is 26.2 Å². The third-order valence-electron chi connectivity index (χ3n) is 4.71. The SMILES string of the molecule is CCOc1cc(C(=O)Nc2cccnc2N2CCCCC2)c([N+](=O)[O-])cc1OC. The predicted molar refractivity (Wildman–Crippen MR) is 109 cm³/mol. The molecule has 3 rings (SSSR count). The fourth-order valence-corrected chi connectivity index (χ4v) is 3.35. The number of nitrogens with zero attached hydrogens (tertiary/aromatic N) is 3. The van der Waals surface area contributed by atoms with Gasteiger partial charge in [0, 0.05) is 25.4 Å². The number of nitro benzene ring substituents is 1. The zero-order chi connectivity index (χ0) is 20.8. The Hall–Kier alpha value is -3.36. The minimum Gasteiger partial charge on any atom is -0.493 e. The third-order valence-corrected chi connectivity index (χ3v) is 4.71. The van der Waals surface area contributed by atoms with E-state index in [0.29, 0.717) is 18.1 Å². The largest absolute Gasteiger partial charge is 0.493 e. The number of benzene rings is 1. The molecule has 1 aromatic carbocycles. The van der Waals surface area contributed by atoms with E-state index in [1.807, 2.05) is 0 Å². The molecule has 1 aliphatic heterocycles. The zero-order valence-corrected chi connectivity index (χ0v) is 16.5. The second-order valence-corrected chi connectivity index (χ2v) is 6.59. The monoisotopic (exact) mass is 400 g/mol. The number of hydrogen-bond acceptors (Lipinski definition) is 7. The molecule has 0 aliphatic carbocycles. The van der Waals surface area contributed by atoms with Gasteiger partial charge in [-0.3, -0.25) is 14.9 Å². The van der Waals surface area contributed by atoms with Gasteiger partial charge in [-0.25, -0.2) is 4.98 Å². The van der Waals surface area contributed by atoms with Crippen molar-refractivity contribution in [2.24, 2.45) is 0 Å². The molecule has 1 N–H and O–H groups in total. The number of nitrogens with one attached hydrogen (secondary N) is 1. The lowest BCUT2D eigenvalue weighted by atomic mass is 10.1. The first kappa shape index (κ1) is 20.4. The number of hydrogen-bond donors (Lipinski definition) is 1. The second kappa shape index (κ2) is 9.22. The lowest BCUT2D eigenvalue weighted by Crippen LogP contribution is -2.31. The second-order valence-electron chi connectivity index (χ2n) is 6.59. The number of anilines is 2. The summed E-state index contributed by atoms with van der Waals surface area (Å²) in [5, 5.41) is 14.3. The quantitative estimate of drug-likeness (QED) is 0.558. The number of nitro groups is 1. The van der Waals surface area contributed by atoms with Gasteiger partial charge in [0.15, 0.2) is 17.3 Å². The van der Waals surface area contributed by atoms with E-state index >= 15 is 0 Å². The van der Waals surface area contributed by atoms with Crippen molar-refractivity contribution in [3.63, 3.8) is 0 Å². The Morgan fingerprint density at radius 1 is 1.28 bits per heavy atom. The maximum Gasteiger partial charge on any atom is 0.286 e. The van der Waals surface area contributed by atoms with Gasteiger partial charge in [-0.05, 0) is 38.3 Å². The molecule has 0 atom stereocenters. The summed E-state index contributed by atoms with van der Waals surface area (Å²) in [4.78, 5) is 30.4. The number of pyridine rings is 1. The van der Waals surface area contributed by atoms with Crippen LogP contribution >= 0.6 is 0 Å². The first-order valence-electron chi connectivity index (χ1n) is 9.55. The topological polar surface area (TPSA) is 107 Å². The van der Waals surface area contributed by atoms with Crippen LogP contribution in [0, 0.1) is 10.1 Å². The van der Waals surface area contributed by atoms with E-state index in [-0.39, 0.29) is 22.7 Å². The number of methoxy groups -OCH3 is 1. The molecule has 1 amide bonds. The molecule has 0 bridgehead atoms. The minimum absolute atomic E-state index is 0.104. The van der Waals surface area contributed by atoms with Crippen LogP contribution in [-0.2, 0) is 0 Å². The summed E-state index contributed by atoms with van der Waals surface area (Å²) in [6.07, 6.45) is 4.96. The maximum atomic E-state index is 13.0. The predicted octanol–water partition coefficient (Wildman–Crippen LogP) is 3.64. The lowest BCUT2D eigenvalue weighted by Gasteiger charge is -2.29. The summed E-state index contributed by atoms with van der Waals surface area (Å²) in [7, 11) is 1.39. The van der Waals surface area contributed by atoms with E-state index in [1.165, 1.54) is 25.7 Å². The molecule has 29 heavy (non-hydrogen) atoms. The molecule has 1 fully saturated rings. The summed E-state index contributed by atoms with van der Waals surface area (Å²) in [5.74, 6) is 0.534. The Morgan fingerprint density at radius 2 is 2.03 bits per heavy atom. The normalized spacial score (nSPS) is 13.7. The Bertz CT molecular complexity index is 896. The van der Waals surface area contributed by atoms with E-state index in [0.717, 1.165) is 25.9 Å². The zero-order valence-electron chi connectivity index (χ0n) is 16.5. The number of aromatic nitrogens is 1. The van der Waals surface area contributed by atoms with E-state index in [2.05, 4.69) is 15.2 Å². The van der Waals surface area contributed by atoms with Crippen LogP contribution in [0.15, 0.2) is 30.5 Å². The van der Waals surface area contributed by atoms with E-state index in [1.54, 1.807) is 25.3 Å². The maximum absolute atomic E-state index is 13.0. The van der Waals surface area contributed by atoms with Gasteiger partial charge in [-0.15, -0.1) is 0 Å². The van der Waals surface area contributed by atoms with Crippen molar-refractivity contribution in [2.75, 3.05) is 37.0 Å². The van der Waals surface area contributed by atoms with Gasteiger partial charge in [-0.2, -0.15) is 0 Å². The number of carbonyl (C=O) groups is 1. The molecular weight excluding hydrogens is 376 g/mol. The van der Waals surface area contributed by atoms with Gasteiger partial charge in [0.05, 0.1) is 30.4 Å². The minimum atomic E-state index is -0.609. The Kier molecular flexibility index (Phi) is 6.48. The smallest absolute Gasteiger partial charge is 0.286 e. The highest BCUT2D eigenvalue weighted by atomic mass is 16.6. The molecule has 0 saturated carbocycles. The fourth-order valence-electron chi connectivity index (χ4n) is 3.35. The number of rotatable bonds is 7. The fraction of sp³-hybridized carbons (Fsp3) is 0.400. The summed E-state index contributed by atoms with van der Waals surface area (Å²) in [6.45, 7) is 3.83. The molecule has 2 aromatic rings. The van der Waals surface area contributed by atoms with Gasteiger partial charge in [0.1, 0.15) is 5.56 Å². The van der Waals surface area contributed by atoms with Crippen LogP contribution in [0.5, 0.6) is 11.5 Å². The van der Waals surface area contributed by atoms with Gasteiger partial charge in [-0.1, -0.05) is 0 Å². The highest BCUT2D eigenvalue weighted by Crippen LogP contribution is 2.35. The lowest BCUT2D eigenvalue weighted by molar-refractivity contribution is -0.385. The van der Waals surface area contributed by atoms with Gasteiger partial charge in [0.2, 0.25) is 0 Å². The van der Waals surface area contributed by atoms with Crippen LogP contribution in [0.1, 0.15) is 36.5 Å². The molecule has 1 saturated heterocycles. The standard InChI is InChI=1S/C20H24N4O5/c1-3-29-18-12-14(16(24(26)27)13-17(18)28-2)20(25)22-15-8-7-9-21-19(15)23-10-5-4-6-11-23/h7-9,12-13H,3-6,10-11H2,1-2H3,(H,22,25). The third kappa shape index (κ3) is 4.56. The Morgan fingerprint density at radius 3 is 2.69 bits per heavy atom. The van der Waals surface area contributed by atoms with Gasteiger partial charge in [0.25, 0.3) is 11.6 Å². The summed E-state index contributed by atoms with van der Waals surface area (Å²) < 4.78 is 10.6. The molecule has 1 aromatic heterocycles. The van der Waals surface area contributed by atoms with Crippen molar-refractivity contribution in [1.82, 2.24) is 4.98 Å². The van der Waals surface area contributed by atoms with Crippen LogP contribution < -0.4 is 19.7 Å².